The van der Waals surface area contributed by atoms with Crippen LogP contribution in [0.15, 0.2) is 42.6 Å². The number of hydrogen-bond acceptors (Lipinski definition) is 0. The molecule has 0 bridgehead atoms. The fourth-order valence-electron chi connectivity index (χ4n) is 3.37. The summed E-state index contributed by atoms with van der Waals surface area (Å²) in [4.78, 5) is 0. The van der Waals surface area contributed by atoms with Crippen molar-refractivity contribution in [3.8, 4) is 11.3 Å². The molecule has 2 nitrogen and oxygen atoms in total. The maximum absolute atomic E-state index is 6.21. The molecule has 3 aromatic rings. The number of fused-ring (bicyclic) bond motifs is 1. The van der Waals surface area contributed by atoms with Crippen LogP contribution in [0.5, 0.6) is 0 Å². The van der Waals surface area contributed by atoms with Gasteiger partial charge in [-0.2, -0.15) is 0 Å². The van der Waals surface area contributed by atoms with E-state index in [0.717, 1.165) is 42.8 Å². The molecule has 0 saturated heterocycles. The van der Waals surface area contributed by atoms with Crippen molar-refractivity contribution in [3.05, 3.63) is 74.1 Å². The largest absolute Gasteiger partial charge is 1.00 e. The van der Waals surface area contributed by atoms with E-state index >= 15 is 0 Å². The highest BCUT2D eigenvalue weighted by molar-refractivity contribution is 6.42. The Balaban J connectivity index is 0.00000196. The lowest BCUT2D eigenvalue weighted by Crippen LogP contribution is -3.00. The molecule has 0 spiro atoms. The third-order valence-electron chi connectivity index (χ3n) is 4.55. The van der Waals surface area contributed by atoms with Gasteiger partial charge in [0.1, 0.15) is 12.7 Å². The van der Waals surface area contributed by atoms with Crippen LogP contribution in [0, 0.1) is 0 Å². The number of benzene rings is 2. The summed E-state index contributed by atoms with van der Waals surface area (Å²) in [5, 5.41) is 2.31. The van der Waals surface area contributed by atoms with E-state index in [9.17, 15) is 0 Å². The van der Waals surface area contributed by atoms with Crippen molar-refractivity contribution in [1.29, 1.82) is 0 Å². The van der Waals surface area contributed by atoms with Crippen LogP contribution in [0.25, 0.3) is 11.3 Å². The normalized spacial score (nSPS) is 12.8. The average molecular weight is 449 g/mol. The number of hydrogen-bond donors (Lipinski definition) is 0. The fraction of sp³-hybridized carbons (Fsp3) is 0.211. The molecule has 2 heterocycles. The van der Waals surface area contributed by atoms with E-state index in [1.165, 1.54) is 5.82 Å². The standard InChI is InChI=1S/C19H15Cl4N2.ClH/c20-14-5-3-12(8-16(14)22)10-24-11-18(25-7-1-2-19(24)25)13-4-6-15(21)17(23)9-13;/h3-6,8-9,11H,1-2,7,10H2;1H/q+1;/p-1. The second-order valence-corrected chi connectivity index (χ2v) is 7.82. The molecule has 0 atom stereocenters. The van der Waals surface area contributed by atoms with Gasteiger partial charge in [-0.1, -0.05) is 52.5 Å². The number of halogens is 5. The second kappa shape index (κ2) is 8.00. The first kappa shape index (κ1) is 19.9. The van der Waals surface area contributed by atoms with Crippen molar-refractivity contribution >= 4 is 46.4 Å². The van der Waals surface area contributed by atoms with Gasteiger partial charge in [0.05, 0.1) is 33.1 Å². The van der Waals surface area contributed by atoms with Gasteiger partial charge in [0, 0.05) is 5.56 Å². The van der Waals surface area contributed by atoms with E-state index in [2.05, 4.69) is 15.3 Å². The van der Waals surface area contributed by atoms with Gasteiger partial charge in [-0.05, 0) is 42.3 Å². The van der Waals surface area contributed by atoms with Crippen LogP contribution < -0.4 is 17.0 Å². The monoisotopic (exact) mass is 446 g/mol. The van der Waals surface area contributed by atoms with Crippen LogP contribution in [0.2, 0.25) is 20.1 Å². The lowest BCUT2D eigenvalue weighted by atomic mass is 10.1. The summed E-state index contributed by atoms with van der Waals surface area (Å²) in [7, 11) is 0. The van der Waals surface area contributed by atoms with E-state index in [-0.39, 0.29) is 12.4 Å². The van der Waals surface area contributed by atoms with Crippen LogP contribution in [0.3, 0.4) is 0 Å². The van der Waals surface area contributed by atoms with Crippen molar-refractivity contribution in [2.45, 2.75) is 25.9 Å². The Hall–Kier alpha value is -0.900. The quantitative estimate of drug-likeness (QED) is 0.545. The van der Waals surface area contributed by atoms with Crippen LogP contribution in [0.1, 0.15) is 17.8 Å². The van der Waals surface area contributed by atoms with Gasteiger partial charge in [-0.15, -0.1) is 0 Å². The third kappa shape index (κ3) is 3.72. The Morgan fingerprint density at radius 2 is 1.58 bits per heavy atom. The van der Waals surface area contributed by atoms with Crippen molar-refractivity contribution in [3.63, 3.8) is 0 Å². The summed E-state index contributed by atoms with van der Waals surface area (Å²) in [6.07, 6.45) is 4.38. The third-order valence-corrected chi connectivity index (χ3v) is 6.02. The zero-order valence-electron chi connectivity index (χ0n) is 13.7. The smallest absolute Gasteiger partial charge is 0.257 e. The molecule has 2 aromatic carbocycles. The van der Waals surface area contributed by atoms with Gasteiger partial charge in [0.2, 0.25) is 0 Å². The summed E-state index contributed by atoms with van der Waals surface area (Å²) < 4.78 is 4.64. The molecular formula is C19H15Cl5N2. The molecule has 0 saturated carbocycles. The Morgan fingerprint density at radius 3 is 2.27 bits per heavy atom. The molecule has 136 valence electrons. The highest BCUT2D eigenvalue weighted by atomic mass is 35.5. The van der Waals surface area contributed by atoms with Crippen molar-refractivity contribution in [1.82, 2.24) is 4.57 Å². The van der Waals surface area contributed by atoms with Gasteiger partial charge < -0.3 is 12.4 Å². The zero-order chi connectivity index (χ0) is 17.6. The number of nitrogens with zero attached hydrogens (tertiary/aromatic N) is 2. The minimum Gasteiger partial charge on any atom is -1.00 e. The maximum atomic E-state index is 6.21. The van der Waals surface area contributed by atoms with Crippen LogP contribution in [-0.4, -0.2) is 4.57 Å². The summed E-state index contributed by atoms with van der Waals surface area (Å²) in [6.45, 7) is 1.77. The predicted molar refractivity (Wildman–Crippen MR) is 104 cm³/mol. The minimum absolute atomic E-state index is 0. The molecule has 0 N–H and O–H groups in total. The highest BCUT2D eigenvalue weighted by Crippen LogP contribution is 2.31. The van der Waals surface area contributed by atoms with Gasteiger partial charge in [-0.25, -0.2) is 9.13 Å². The van der Waals surface area contributed by atoms with E-state index in [1.54, 1.807) is 0 Å². The van der Waals surface area contributed by atoms with Gasteiger partial charge >= 0.3 is 0 Å². The maximum Gasteiger partial charge on any atom is 0.257 e. The molecule has 0 unspecified atom stereocenters. The van der Waals surface area contributed by atoms with Crippen molar-refractivity contribution in [2.24, 2.45) is 0 Å². The summed E-state index contributed by atoms with van der Waals surface area (Å²) in [6, 6.07) is 11.6. The molecule has 0 aliphatic carbocycles. The van der Waals surface area contributed by atoms with E-state index in [0.29, 0.717) is 20.1 Å². The minimum atomic E-state index is 0. The van der Waals surface area contributed by atoms with Gasteiger partial charge in [0.25, 0.3) is 5.82 Å². The lowest BCUT2D eigenvalue weighted by molar-refractivity contribution is -0.694. The molecule has 26 heavy (non-hydrogen) atoms. The van der Waals surface area contributed by atoms with E-state index in [4.69, 9.17) is 46.4 Å². The number of rotatable bonds is 3. The first-order chi connectivity index (χ1) is 12.0. The molecular weight excluding hydrogens is 433 g/mol. The second-order valence-electron chi connectivity index (χ2n) is 6.19. The van der Waals surface area contributed by atoms with Crippen molar-refractivity contribution in [2.75, 3.05) is 0 Å². The SMILES string of the molecule is Clc1ccc(C[n+]2cc(-c3ccc(Cl)c(Cl)c3)n3c2CCC3)cc1Cl.[Cl-]. The highest BCUT2D eigenvalue weighted by Gasteiger charge is 2.29. The average Bonchev–Trinajstić information content (AvgIpc) is 3.18. The Bertz CT molecular complexity index is 965. The topological polar surface area (TPSA) is 8.81 Å². The van der Waals surface area contributed by atoms with E-state index < -0.39 is 0 Å². The van der Waals surface area contributed by atoms with Crippen LogP contribution in [-0.2, 0) is 19.5 Å². The zero-order valence-corrected chi connectivity index (χ0v) is 17.4. The number of aromatic nitrogens is 2. The molecule has 1 aliphatic heterocycles. The molecule has 0 fully saturated rings. The fourth-order valence-corrected chi connectivity index (χ4v) is 3.99. The van der Waals surface area contributed by atoms with Gasteiger partial charge in [-0.3, -0.25) is 0 Å². The summed E-state index contributed by atoms with van der Waals surface area (Å²) >= 11 is 24.4. The molecule has 0 radical (unpaired) electrons. The number of imidazole rings is 1. The molecule has 1 aromatic heterocycles. The first-order valence-corrected chi connectivity index (χ1v) is 9.55. The molecule has 4 rings (SSSR count). The first-order valence-electron chi connectivity index (χ1n) is 8.04. The Kier molecular flexibility index (Phi) is 6.11. The predicted octanol–water partition coefficient (Wildman–Crippen LogP) is 3.05. The van der Waals surface area contributed by atoms with Gasteiger partial charge in [0.15, 0.2) is 5.69 Å². The molecule has 1 aliphatic rings. The summed E-state index contributed by atoms with van der Waals surface area (Å²) in [5.41, 5.74) is 3.36. The molecule has 0 amide bonds. The summed E-state index contributed by atoms with van der Waals surface area (Å²) in [5.74, 6) is 1.31. The van der Waals surface area contributed by atoms with Crippen LogP contribution >= 0.6 is 46.4 Å². The lowest BCUT2D eigenvalue weighted by Gasteiger charge is -2.02. The molecule has 7 heteroatoms. The van der Waals surface area contributed by atoms with E-state index in [1.807, 2.05) is 36.4 Å². The van der Waals surface area contributed by atoms with Crippen LogP contribution in [0.4, 0.5) is 0 Å². The Labute approximate surface area is 178 Å². The van der Waals surface area contributed by atoms with Crippen molar-refractivity contribution < 1.29 is 17.0 Å². The Morgan fingerprint density at radius 1 is 0.885 bits per heavy atom.